The van der Waals surface area contributed by atoms with Gasteiger partial charge in [-0.05, 0) is 0 Å². The molecule has 2 aromatic rings. The molecule has 1 fully saturated rings. The molecule has 24 heavy (non-hydrogen) atoms. The predicted octanol–water partition coefficient (Wildman–Crippen LogP) is -3.96. The maximum Gasteiger partial charge on any atom is 0.280 e. The fourth-order valence-corrected chi connectivity index (χ4v) is 2.64. The van der Waals surface area contributed by atoms with Gasteiger partial charge in [-0.15, -0.1) is 0 Å². The van der Waals surface area contributed by atoms with Crippen LogP contribution in [0.4, 0.5) is 5.95 Å². The fraction of sp³-hybridized carbons (Fsp3) is 0.583. The van der Waals surface area contributed by atoms with Gasteiger partial charge in [0.05, 0.1) is 12.9 Å². The number of nitrogen functional groups attached to an aromatic ring is 1. The van der Waals surface area contributed by atoms with E-state index in [1.165, 1.54) is 0 Å². The number of aromatic amines is 1. The normalized spacial score (nSPS) is 34.4. The van der Waals surface area contributed by atoms with E-state index in [-0.39, 0.29) is 17.1 Å². The number of fused-ring (bicyclic) bond motifs is 1. The summed E-state index contributed by atoms with van der Waals surface area (Å²) in [4.78, 5) is 21.8. The lowest BCUT2D eigenvalue weighted by molar-refractivity contribution is -0.149. The summed E-state index contributed by atoms with van der Waals surface area (Å²) in [5, 5.41) is 49.3. The molecule has 12 nitrogen and oxygen atoms in total. The van der Waals surface area contributed by atoms with Crippen LogP contribution in [0.1, 0.15) is 6.23 Å². The third kappa shape index (κ3) is 2.54. The highest BCUT2D eigenvalue weighted by Crippen LogP contribution is 2.29. The van der Waals surface area contributed by atoms with E-state index in [0.717, 1.165) is 10.9 Å². The summed E-state index contributed by atoms with van der Waals surface area (Å²) in [5.41, 5.74) is 4.76. The SMILES string of the molecule is Nc1nc2c(ncn2[C@@H]2O[C@H](CO)[C@@H](O)[C@H](O)[C@@H](O)[C@H]2O)c(=O)[nH]1. The molecule has 0 amide bonds. The molecule has 12 heteroatoms. The van der Waals surface area contributed by atoms with Crippen LogP contribution in [0.15, 0.2) is 11.1 Å². The number of ether oxygens (including phenoxy) is 1. The van der Waals surface area contributed by atoms with E-state index in [1.807, 2.05) is 0 Å². The number of anilines is 1. The van der Waals surface area contributed by atoms with E-state index in [0.29, 0.717) is 0 Å². The van der Waals surface area contributed by atoms with Crippen LogP contribution in [0, 0.1) is 0 Å². The standard InChI is InChI=1S/C12H17N5O7/c13-12-15-9-4(10(23)16-12)14-2-17(9)11-8(22)7(21)6(20)5(19)3(1-18)24-11/h2-3,5-8,11,18-22H,1H2,(H3,13,15,16,23)/t3-,5-,6+,7-,8-,11-/m1/s1. The third-order valence-corrected chi connectivity index (χ3v) is 3.94. The zero-order valence-electron chi connectivity index (χ0n) is 12.2. The Bertz CT molecular complexity index is 790. The smallest absolute Gasteiger partial charge is 0.280 e. The number of rotatable bonds is 2. The summed E-state index contributed by atoms with van der Waals surface area (Å²) in [7, 11) is 0. The highest BCUT2D eigenvalue weighted by Gasteiger charge is 2.45. The van der Waals surface area contributed by atoms with Crippen LogP contribution < -0.4 is 11.3 Å². The molecule has 0 saturated carbocycles. The summed E-state index contributed by atoms with van der Waals surface area (Å²) >= 11 is 0. The topological polar surface area (TPSA) is 200 Å². The highest BCUT2D eigenvalue weighted by molar-refractivity contribution is 5.70. The van der Waals surface area contributed by atoms with Gasteiger partial charge in [-0.3, -0.25) is 14.3 Å². The summed E-state index contributed by atoms with van der Waals surface area (Å²) in [6.07, 6.45) is -8.43. The second-order valence-corrected chi connectivity index (χ2v) is 5.49. The molecule has 132 valence electrons. The Kier molecular flexibility index (Phi) is 4.25. The van der Waals surface area contributed by atoms with E-state index in [1.54, 1.807) is 0 Å². The molecule has 6 atom stereocenters. The van der Waals surface area contributed by atoms with Crippen LogP contribution in [0.5, 0.6) is 0 Å². The molecular formula is C12H17N5O7. The number of nitrogens with one attached hydrogen (secondary N) is 1. The molecule has 3 heterocycles. The summed E-state index contributed by atoms with van der Waals surface area (Å²) in [5.74, 6) is -0.198. The number of nitrogens with zero attached hydrogens (tertiary/aromatic N) is 3. The van der Waals surface area contributed by atoms with Crippen molar-refractivity contribution in [3.63, 3.8) is 0 Å². The van der Waals surface area contributed by atoms with Gasteiger partial charge in [0.25, 0.3) is 5.56 Å². The molecule has 0 bridgehead atoms. The van der Waals surface area contributed by atoms with E-state index in [2.05, 4.69) is 15.0 Å². The average molecular weight is 343 g/mol. The van der Waals surface area contributed by atoms with Crippen molar-refractivity contribution in [1.82, 2.24) is 19.5 Å². The molecule has 0 unspecified atom stereocenters. The quantitative estimate of drug-likeness (QED) is 0.282. The summed E-state index contributed by atoms with van der Waals surface area (Å²) in [6, 6.07) is 0. The van der Waals surface area contributed by atoms with Crippen LogP contribution >= 0.6 is 0 Å². The van der Waals surface area contributed by atoms with Crippen LogP contribution in [0.25, 0.3) is 11.2 Å². The van der Waals surface area contributed by atoms with Crippen molar-refractivity contribution in [3.8, 4) is 0 Å². The number of aliphatic hydroxyl groups is 5. The van der Waals surface area contributed by atoms with Crippen LogP contribution in [0.3, 0.4) is 0 Å². The lowest BCUT2D eigenvalue weighted by atomic mass is 10.0. The Morgan fingerprint density at radius 1 is 1.21 bits per heavy atom. The Balaban J connectivity index is 2.11. The molecule has 8 N–H and O–H groups in total. The molecule has 3 rings (SSSR count). The molecule has 0 aromatic carbocycles. The number of hydrogen-bond donors (Lipinski definition) is 7. The zero-order chi connectivity index (χ0) is 17.6. The lowest BCUT2D eigenvalue weighted by Gasteiger charge is -2.26. The van der Waals surface area contributed by atoms with Gasteiger partial charge in [-0.25, -0.2) is 4.98 Å². The molecule has 0 radical (unpaired) electrons. The van der Waals surface area contributed by atoms with Gasteiger partial charge in [0, 0.05) is 0 Å². The zero-order valence-corrected chi connectivity index (χ0v) is 12.2. The number of hydrogen-bond acceptors (Lipinski definition) is 10. The molecule has 1 aliphatic rings. The van der Waals surface area contributed by atoms with E-state index in [4.69, 9.17) is 10.5 Å². The number of H-pyrrole nitrogens is 1. The Labute approximate surface area is 133 Å². The van der Waals surface area contributed by atoms with Crippen molar-refractivity contribution in [2.45, 2.75) is 36.7 Å². The van der Waals surface area contributed by atoms with Gasteiger partial charge in [0.2, 0.25) is 5.95 Å². The molecule has 0 spiro atoms. The Morgan fingerprint density at radius 3 is 2.54 bits per heavy atom. The van der Waals surface area contributed by atoms with Gasteiger partial charge in [-0.2, -0.15) is 4.98 Å². The third-order valence-electron chi connectivity index (χ3n) is 3.94. The second-order valence-electron chi connectivity index (χ2n) is 5.49. The monoisotopic (exact) mass is 343 g/mol. The average Bonchev–Trinajstić information content (AvgIpc) is 2.94. The molecular weight excluding hydrogens is 326 g/mol. The number of aromatic nitrogens is 4. The summed E-state index contributed by atoms with van der Waals surface area (Å²) < 4.78 is 6.55. The Morgan fingerprint density at radius 2 is 1.88 bits per heavy atom. The van der Waals surface area contributed by atoms with Crippen molar-refractivity contribution in [3.05, 3.63) is 16.7 Å². The van der Waals surface area contributed by atoms with Gasteiger partial charge in [-0.1, -0.05) is 0 Å². The van der Waals surface area contributed by atoms with Gasteiger partial charge in [0.15, 0.2) is 17.4 Å². The minimum Gasteiger partial charge on any atom is -0.394 e. The van der Waals surface area contributed by atoms with Gasteiger partial charge >= 0.3 is 0 Å². The lowest BCUT2D eigenvalue weighted by Crippen LogP contribution is -2.47. The van der Waals surface area contributed by atoms with Crippen molar-refractivity contribution >= 4 is 17.1 Å². The number of aliphatic hydroxyl groups excluding tert-OH is 5. The molecule has 0 aliphatic carbocycles. The van der Waals surface area contributed by atoms with Crippen LogP contribution in [0.2, 0.25) is 0 Å². The van der Waals surface area contributed by atoms with E-state index < -0.39 is 48.9 Å². The number of imidazole rings is 1. The largest absolute Gasteiger partial charge is 0.394 e. The minimum absolute atomic E-state index is 0.0323. The maximum absolute atomic E-state index is 11.8. The summed E-state index contributed by atoms with van der Waals surface area (Å²) in [6.45, 7) is -0.684. The predicted molar refractivity (Wildman–Crippen MR) is 77.6 cm³/mol. The van der Waals surface area contributed by atoms with Crippen molar-refractivity contribution in [2.75, 3.05) is 12.3 Å². The molecule has 1 aliphatic heterocycles. The molecule has 1 saturated heterocycles. The number of nitrogens with two attached hydrogens (primary N) is 1. The fourth-order valence-electron chi connectivity index (χ4n) is 2.64. The van der Waals surface area contributed by atoms with E-state index in [9.17, 15) is 30.3 Å². The minimum atomic E-state index is -1.78. The second kappa shape index (κ2) is 6.08. The van der Waals surface area contributed by atoms with E-state index >= 15 is 0 Å². The Hall–Kier alpha value is -2.09. The molecule has 2 aromatic heterocycles. The van der Waals surface area contributed by atoms with Crippen LogP contribution in [-0.2, 0) is 4.74 Å². The first kappa shape index (κ1) is 16.8. The first-order valence-corrected chi connectivity index (χ1v) is 7.06. The van der Waals surface area contributed by atoms with Crippen LogP contribution in [-0.4, -0.2) is 82.2 Å². The van der Waals surface area contributed by atoms with Crippen molar-refractivity contribution in [1.29, 1.82) is 0 Å². The first-order chi connectivity index (χ1) is 11.3. The first-order valence-electron chi connectivity index (χ1n) is 7.06. The van der Waals surface area contributed by atoms with Gasteiger partial charge < -0.3 is 36.0 Å². The van der Waals surface area contributed by atoms with Crippen molar-refractivity contribution in [2.24, 2.45) is 0 Å². The highest BCUT2D eigenvalue weighted by atomic mass is 16.6. The van der Waals surface area contributed by atoms with Crippen molar-refractivity contribution < 1.29 is 30.3 Å². The van der Waals surface area contributed by atoms with Gasteiger partial charge in [0.1, 0.15) is 30.5 Å². The maximum atomic E-state index is 11.8.